The third-order valence-electron chi connectivity index (χ3n) is 1.59. The average Bonchev–Trinajstić information content (AvgIpc) is 2.07. The summed E-state index contributed by atoms with van der Waals surface area (Å²) in [5.74, 6) is 0.0170. The van der Waals surface area contributed by atoms with Crippen molar-refractivity contribution in [3.8, 4) is 5.75 Å². The van der Waals surface area contributed by atoms with Crippen LogP contribution in [0.3, 0.4) is 0 Å². The molecule has 0 heterocycles. The summed E-state index contributed by atoms with van der Waals surface area (Å²) < 4.78 is 5.63. The van der Waals surface area contributed by atoms with Crippen LogP contribution in [-0.4, -0.2) is 13.0 Å². The van der Waals surface area contributed by atoms with Gasteiger partial charge >= 0.3 is 0 Å². The van der Waals surface area contributed by atoms with Gasteiger partial charge in [0.15, 0.2) is 0 Å². The highest BCUT2D eigenvalue weighted by Crippen LogP contribution is 2.29. The number of carbonyl (C=O) groups excluding carboxylic acids is 1. The van der Waals surface area contributed by atoms with Crippen LogP contribution >= 0.6 is 15.9 Å². The number of halogens is 1. The molecule has 0 saturated heterocycles. The number of primary amides is 1. The van der Waals surface area contributed by atoms with Gasteiger partial charge in [0.1, 0.15) is 5.75 Å². The lowest BCUT2D eigenvalue weighted by Gasteiger charge is -2.07. The van der Waals surface area contributed by atoms with Crippen molar-refractivity contribution in [2.24, 2.45) is 5.73 Å². The van der Waals surface area contributed by atoms with E-state index in [0.717, 1.165) is 0 Å². The van der Waals surface area contributed by atoms with Crippen LogP contribution < -0.4 is 16.2 Å². The summed E-state index contributed by atoms with van der Waals surface area (Å²) in [7, 11) is 1.52. The molecule has 0 fully saturated rings. The minimum absolute atomic E-state index is 0.285. The average molecular weight is 245 g/mol. The van der Waals surface area contributed by atoms with Crippen LogP contribution in [0.5, 0.6) is 5.75 Å². The van der Waals surface area contributed by atoms with Crippen LogP contribution in [0.25, 0.3) is 0 Å². The second-order valence-electron chi connectivity index (χ2n) is 2.44. The number of benzene rings is 1. The molecule has 1 aromatic carbocycles. The van der Waals surface area contributed by atoms with E-state index < -0.39 is 5.91 Å². The second kappa shape index (κ2) is 3.66. The molecule has 70 valence electrons. The van der Waals surface area contributed by atoms with Gasteiger partial charge in [-0.3, -0.25) is 4.79 Å². The molecule has 13 heavy (non-hydrogen) atoms. The predicted molar refractivity (Wildman–Crippen MR) is 53.6 cm³/mol. The smallest absolute Gasteiger partial charge is 0.250 e. The molecule has 0 spiro atoms. The molecule has 0 atom stereocenters. The summed E-state index contributed by atoms with van der Waals surface area (Å²) in [5, 5.41) is 0. The molecule has 0 saturated carbocycles. The van der Waals surface area contributed by atoms with Crippen molar-refractivity contribution in [1.82, 2.24) is 0 Å². The lowest BCUT2D eigenvalue weighted by Crippen LogP contribution is -2.13. The Morgan fingerprint density at radius 1 is 1.54 bits per heavy atom. The number of carbonyl (C=O) groups is 1. The van der Waals surface area contributed by atoms with Gasteiger partial charge in [0.25, 0.3) is 5.91 Å². The molecule has 0 aliphatic carbocycles. The van der Waals surface area contributed by atoms with E-state index in [2.05, 4.69) is 15.9 Å². The Morgan fingerprint density at radius 2 is 2.15 bits per heavy atom. The number of hydrogen-bond donors (Lipinski definition) is 2. The molecule has 5 heteroatoms. The monoisotopic (exact) mass is 244 g/mol. The molecule has 0 radical (unpaired) electrons. The van der Waals surface area contributed by atoms with Crippen LogP contribution in [-0.2, 0) is 0 Å². The summed E-state index contributed by atoms with van der Waals surface area (Å²) in [6, 6.07) is 3.08. The van der Waals surface area contributed by atoms with Crippen molar-refractivity contribution in [1.29, 1.82) is 0 Å². The molecule has 0 unspecified atom stereocenters. The van der Waals surface area contributed by atoms with Gasteiger partial charge in [-0.1, -0.05) is 0 Å². The first-order chi connectivity index (χ1) is 6.06. The van der Waals surface area contributed by atoms with Gasteiger partial charge < -0.3 is 16.2 Å². The third kappa shape index (κ3) is 1.92. The predicted octanol–water partition coefficient (Wildman–Crippen LogP) is 1.14. The van der Waals surface area contributed by atoms with Crippen LogP contribution in [0.4, 0.5) is 5.69 Å². The van der Waals surface area contributed by atoms with Gasteiger partial charge in [-0.2, -0.15) is 0 Å². The van der Waals surface area contributed by atoms with E-state index >= 15 is 0 Å². The van der Waals surface area contributed by atoms with Crippen molar-refractivity contribution in [3.05, 3.63) is 22.2 Å². The highest BCUT2D eigenvalue weighted by Gasteiger charge is 2.10. The van der Waals surface area contributed by atoms with Gasteiger partial charge in [0, 0.05) is 11.8 Å². The fourth-order valence-corrected chi connectivity index (χ4v) is 1.44. The number of nitrogens with two attached hydrogens (primary N) is 2. The summed E-state index contributed by atoms with van der Waals surface area (Å²) in [6.07, 6.45) is 0. The summed E-state index contributed by atoms with van der Waals surface area (Å²) in [5.41, 5.74) is 11.3. The minimum Gasteiger partial charge on any atom is -0.495 e. The molecule has 0 bridgehead atoms. The molecule has 1 aromatic rings. The Balaban J connectivity index is 3.28. The number of amides is 1. The normalized spacial score (nSPS) is 9.69. The van der Waals surface area contributed by atoms with Crippen LogP contribution in [0.2, 0.25) is 0 Å². The number of anilines is 1. The van der Waals surface area contributed by atoms with Crippen molar-refractivity contribution in [2.75, 3.05) is 12.8 Å². The van der Waals surface area contributed by atoms with Gasteiger partial charge in [-0.15, -0.1) is 0 Å². The topological polar surface area (TPSA) is 78.3 Å². The van der Waals surface area contributed by atoms with E-state index in [9.17, 15) is 4.79 Å². The summed E-state index contributed by atoms with van der Waals surface area (Å²) in [4.78, 5) is 10.9. The maximum atomic E-state index is 10.9. The minimum atomic E-state index is -0.555. The zero-order valence-electron chi connectivity index (χ0n) is 7.00. The largest absolute Gasteiger partial charge is 0.495 e. The number of ether oxygens (including phenoxy) is 1. The molecule has 4 nitrogen and oxygen atoms in total. The second-order valence-corrected chi connectivity index (χ2v) is 3.29. The molecule has 4 N–H and O–H groups in total. The standard InChI is InChI=1S/C8H9BrN2O2/c1-13-7-3-6(10)4(8(11)12)2-5(7)9/h2-3H,10H2,1H3,(H2,11,12). The zero-order valence-corrected chi connectivity index (χ0v) is 8.59. The van der Waals surface area contributed by atoms with Crippen molar-refractivity contribution in [2.45, 2.75) is 0 Å². The van der Waals surface area contributed by atoms with E-state index in [1.807, 2.05) is 0 Å². The fraction of sp³-hybridized carbons (Fsp3) is 0.125. The number of methoxy groups -OCH3 is 1. The first kappa shape index (κ1) is 9.85. The molecule has 0 aliphatic rings. The maximum Gasteiger partial charge on any atom is 0.250 e. The lowest BCUT2D eigenvalue weighted by molar-refractivity contribution is 0.100. The van der Waals surface area contributed by atoms with Crippen molar-refractivity contribution >= 4 is 27.5 Å². The quantitative estimate of drug-likeness (QED) is 0.767. The number of nitrogen functional groups attached to an aromatic ring is 1. The Hall–Kier alpha value is -1.23. The Labute approximate surface area is 84.0 Å². The van der Waals surface area contributed by atoms with Crippen LogP contribution in [0.1, 0.15) is 10.4 Å². The molecule has 1 amide bonds. The third-order valence-corrected chi connectivity index (χ3v) is 2.21. The molecule has 0 aromatic heterocycles. The summed E-state index contributed by atoms with van der Waals surface area (Å²) >= 11 is 3.22. The first-order valence-electron chi connectivity index (χ1n) is 3.49. The highest BCUT2D eigenvalue weighted by molar-refractivity contribution is 9.10. The zero-order chi connectivity index (χ0) is 10.0. The molecular weight excluding hydrogens is 236 g/mol. The number of hydrogen-bond acceptors (Lipinski definition) is 3. The Morgan fingerprint density at radius 3 is 2.62 bits per heavy atom. The molecular formula is C8H9BrN2O2. The van der Waals surface area contributed by atoms with E-state index in [1.54, 1.807) is 6.07 Å². The van der Waals surface area contributed by atoms with Crippen molar-refractivity contribution < 1.29 is 9.53 Å². The first-order valence-corrected chi connectivity index (χ1v) is 4.28. The summed E-state index contributed by atoms with van der Waals surface area (Å²) in [6.45, 7) is 0. The van der Waals surface area contributed by atoms with Crippen molar-refractivity contribution in [3.63, 3.8) is 0 Å². The van der Waals surface area contributed by atoms with E-state index in [0.29, 0.717) is 15.9 Å². The molecule has 1 rings (SSSR count). The van der Waals surface area contributed by atoms with Gasteiger partial charge in [0.05, 0.1) is 17.1 Å². The van der Waals surface area contributed by atoms with E-state index in [4.69, 9.17) is 16.2 Å². The molecule has 0 aliphatic heterocycles. The lowest BCUT2D eigenvalue weighted by atomic mass is 10.1. The maximum absolute atomic E-state index is 10.9. The van der Waals surface area contributed by atoms with Gasteiger partial charge in [-0.05, 0) is 22.0 Å². The SMILES string of the molecule is COc1cc(N)c(C(N)=O)cc1Br. The van der Waals surface area contributed by atoms with Crippen LogP contribution in [0, 0.1) is 0 Å². The Kier molecular flexibility index (Phi) is 2.77. The fourth-order valence-electron chi connectivity index (χ4n) is 0.939. The Bertz CT molecular complexity index is 352. The highest BCUT2D eigenvalue weighted by atomic mass is 79.9. The van der Waals surface area contributed by atoms with E-state index in [1.165, 1.54) is 13.2 Å². The van der Waals surface area contributed by atoms with E-state index in [-0.39, 0.29) is 5.56 Å². The van der Waals surface area contributed by atoms with Gasteiger partial charge in [-0.25, -0.2) is 0 Å². The number of rotatable bonds is 2. The van der Waals surface area contributed by atoms with Crippen LogP contribution in [0.15, 0.2) is 16.6 Å². The van der Waals surface area contributed by atoms with Gasteiger partial charge in [0.2, 0.25) is 0 Å².